The van der Waals surface area contributed by atoms with Gasteiger partial charge in [0.25, 0.3) is 0 Å². The number of nitrogens with two attached hydrogens (primary N) is 1. The average molecular weight is 396 g/mol. The second kappa shape index (κ2) is 8.38. The third-order valence-electron chi connectivity index (χ3n) is 4.38. The molecule has 3 rings (SSSR count). The Morgan fingerprint density at radius 3 is 2.46 bits per heavy atom. The van der Waals surface area contributed by atoms with E-state index in [1.54, 1.807) is 4.90 Å². The van der Waals surface area contributed by atoms with Crippen LogP contribution < -0.4 is 10.6 Å². The lowest BCUT2D eigenvalue weighted by Crippen LogP contribution is -2.47. The molecule has 0 bridgehead atoms. The van der Waals surface area contributed by atoms with Gasteiger partial charge < -0.3 is 10.6 Å². The smallest absolute Gasteiger partial charge is 0.241 e. The van der Waals surface area contributed by atoms with E-state index >= 15 is 0 Å². The molecule has 2 aliphatic rings. The Labute approximate surface area is 155 Å². The highest BCUT2D eigenvalue weighted by Gasteiger charge is 2.27. The van der Waals surface area contributed by atoms with Gasteiger partial charge in [-0.3, -0.25) is 9.69 Å². The first-order valence-corrected chi connectivity index (χ1v) is 9.39. The minimum atomic E-state index is -2.91. The number of amides is 1. The summed E-state index contributed by atoms with van der Waals surface area (Å²) in [7, 11) is -2.91. The molecule has 1 aromatic carbocycles. The minimum absolute atomic E-state index is 0. The van der Waals surface area contributed by atoms with Crippen LogP contribution >= 0.6 is 24.8 Å². The highest BCUT2D eigenvalue weighted by Crippen LogP contribution is 2.31. The van der Waals surface area contributed by atoms with Crippen LogP contribution in [0.2, 0.25) is 0 Å². The van der Waals surface area contributed by atoms with Crippen molar-refractivity contribution in [3.8, 4) is 0 Å². The molecule has 1 aromatic rings. The zero-order valence-electron chi connectivity index (χ0n) is 13.3. The number of carbonyl (C=O) groups is 1. The molecule has 1 fully saturated rings. The predicted octanol–water partition coefficient (Wildman–Crippen LogP) is 1.12. The molecule has 6 nitrogen and oxygen atoms in total. The molecule has 0 spiro atoms. The number of nitrogen functional groups attached to an aromatic ring is 1. The third kappa shape index (κ3) is 4.53. The molecular formula is C15H23Cl2N3O3S. The first-order chi connectivity index (χ1) is 10.5. The summed E-state index contributed by atoms with van der Waals surface area (Å²) in [4.78, 5) is 16.3. The van der Waals surface area contributed by atoms with Crippen molar-refractivity contribution in [3.63, 3.8) is 0 Å². The van der Waals surface area contributed by atoms with Crippen molar-refractivity contribution in [2.24, 2.45) is 0 Å². The van der Waals surface area contributed by atoms with Crippen molar-refractivity contribution in [1.29, 1.82) is 0 Å². The summed E-state index contributed by atoms with van der Waals surface area (Å²) in [5.74, 6) is 0.305. The SMILES string of the molecule is Cl.Cl.Nc1cccc2c1CCCN2C(=O)CN1CCS(=O)(=O)CC1. The van der Waals surface area contributed by atoms with E-state index in [0.717, 1.165) is 29.8 Å². The van der Waals surface area contributed by atoms with Crippen LogP contribution in [0.1, 0.15) is 12.0 Å². The van der Waals surface area contributed by atoms with Gasteiger partial charge >= 0.3 is 0 Å². The molecule has 0 aliphatic carbocycles. The molecule has 0 atom stereocenters. The van der Waals surface area contributed by atoms with E-state index in [2.05, 4.69) is 0 Å². The Kier molecular flexibility index (Phi) is 7.34. The molecule has 0 unspecified atom stereocenters. The summed E-state index contributed by atoms with van der Waals surface area (Å²) in [6.07, 6.45) is 1.80. The van der Waals surface area contributed by atoms with E-state index in [1.165, 1.54) is 0 Å². The van der Waals surface area contributed by atoms with Gasteiger partial charge in [0, 0.05) is 31.0 Å². The second-order valence-electron chi connectivity index (χ2n) is 5.92. The maximum absolute atomic E-state index is 12.6. The Morgan fingerprint density at radius 2 is 1.79 bits per heavy atom. The lowest BCUT2D eigenvalue weighted by Gasteiger charge is -2.33. The van der Waals surface area contributed by atoms with Crippen LogP contribution in [0.4, 0.5) is 11.4 Å². The predicted molar refractivity (Wildman–Crippen MR) is 101 cm³/mol. The van der Waals surface area contributed by atoms with Crippen LogP contribution in [0.3, 0.4) is 0 Å². The number of carbonyl (C=O) groups excluding carboxylic acids is 1. The van der Waals surface area contributed by atoms with Crippen molar-refractivity contribution in [2.45, 2.75) is 12.8 Å². The number of hydrogen-bond donors (Lipinski definition) is 1. The van der Waals surface area contributed by atoms with E-state index in [1.807, 2.05) is 23.1 Å². The van der Waals surface area contributed by atoms with E-state index < -0.39 is 9.84 Å². The van der Waals surface area contributed by atoms with Crippen LogP contribution in [0, 0.1) is 0 Å². The Morgan fingerprint density at radius 1 is 1.12 bits per heavy atom. The van der Waals surface area contributed by atoms with Gasteiger partial charge in [0.05, 0.1) is 18.1 Å². The van der Waals surface area contributed by atoms with Crippen molar-refractivity contribution in [3.05, 3.63) is 23.8 Å². The zero-order chi connectivity index (χ0) is 15.7. The second-order valence-corrected chi connectivity index (χ2v) is 8.23. The van der Waals surface area contributed by atoms with Crippen LogP contribution in [0.5, 0.6) is 0 Å². The van der Waals surface area contributed by atoms with Gasteiger partial charge in [-0.25, -0.2) is 8.42 Å². The molecule has 24 heavy (non-hydrogen) atoms. The zero-order valence-corrected chi connectivity index (χ0v) is 15.8. The topological polar surface area (TPSA) is 83.7 Å². The number of nitrogens with zero attached hydrogens (tertiary/aromatic N) is 2. The molecule has 0 aromatic heterocycles. The largest absolute Gasteiger partial charge is 0.398 e. The summed E-state index contributed by atoms with van der Waals surface area (Å²) < 4.78 is 22.9. The summed E-state index contributed by atoms with van der Waals surface area (Å²) in [6, 6.07) is 5.67. The first kappa shape index (κ1) is 21.0. The summed E-state index contributed by atoms with van der Waals surface area (Å²) in [5, 5.41) is 0. The summed E-state index contributed by atoms with van der Waals surface area (Å²) in [6.45, 7) is 1.84. The van der Waals surface area contributed by atoms with Gasteiger partial charge in [0.1, 0.15) is 0 Å². The first-order valence-electron chi connectivity index (χ1n) is 7.57. The quantitative estimate of drug-likeness (QED) is 0.758. The maximum Gasteiger partial charge on any atom is 0.241 e. The van der Waals surface area contributed by atoms with Gasteiger partial charge in [-0.05, 0) is 30.5 Å². The van der Waals surface area contributed by atoms with Crippen LogP contribution in [-0.2, 0) is 21.1 Å². The molecule has 2 aliphatic heterocycles. The highest BCUT2D eigenvalue weighted by atomic mass is 35.5. The number of hydrogen-bond acceptors (Lipinski definition) is 5. The molecular weight excluding hydrogens is 373 g/mol. The molecule has 9 heteroatoms. The molecule has 2 heterocycles. The molecule has 1 amide bonds. The van der Waals surface area contributed by atoms with Crippen molar-refractivity contribution < 1.29 is 13.2 Å². The van der Waals surface area contributed by atoms with Crippen LogP contribution in [0.25, 0.3) is 0 Å². The summed E-state index contributed by atoms with van der Waals surface area (Å²) >= 11 is 0. The molecule has 1 saturated heterocycles. The normalized spacial score (nSPS) is 19.6. The van der Waals surface area contributed by atoms with Gasteiger partial charge in [-0.2, -0.15) is 0 Å². The number of rotatable bonds is 2. The van der Waals surface area contributed by atoms with Crippen molar-refractivity contribution >= 4 is 51.9 Å². The Hall–Kier alpha value is -1.02. The van der Waals surface area contributed by atoms with Crippen molar-refractivity contribution in [2.75, 3.05) is 48.3 Å². The van der Waals surface area contributed by atoms with Gasteiger partial charge in [0.2, 0.25) is 5.91 Å². The van der Waals surface area contributed by atoms with E-state index in [4.69, 9.17) is 5.73 Å². The number of benzene rings is 1. The van der Waals surface area contributed by atoms with E-state index in [-0.39, 0.29) is 48.8 Å². The van der Waals surface area contributed by atoms with Crippen LogP contribution in [-0.4, -0.2) is 56.9 Å². The fourth-order valence-electron chi connectivity index (χ4n) is 3.10. The number of fused-ring (bicyclic) bond motifs is 1. The van der Waals surface area contributed by atoms with E-state index in [9.17, 15) is 13.2 Å². The van der Waals surface area contributed by atoms with Gasteiger partial charge in [-0.1, -0.05) is 6.07 Å². The summed E-state index contributed by atoms with van der Waals surface area (Å²) in [5.41, 5.74) is 8.69. The molecule has 136 valence electrons. The third-order valence-corrected chi connectivity index (χ3v) is 5.99. The maximum atomic E-state index is 12.6. The van der Waals surface area contributed by atoms with Crippen molar-refractivity contribution in [1.82, 2.24) is 4.90 Å². The molecule has 0 saturated carbocycles. The average Bonchev–Trinajstić information content (AvgIpc) is 2.49. The molecule has 2 N–H and O–H groups in total. The minimum Gasteiger partial charge on any atom is -0.398 e. The van der Waals surface area contributed by atoms with Crippen LogP contribution in [0.15, 0.2) is 18.2 Å². The molecule has 0 radical (unpaired) electrons. The monoisotopic (exact) mass is 395 g/mol. The standard InChI is InChI=1S/C15H21N3O3S.2ClH/c16-13-4-1-5-14-12(13)3-2-6-18(14)15(19)11-17-7-9-22(20,21)10-8-17;;/h1,4-5H,2-3,6-11,16H2;2*1H. The lowest BCUT2D eigenvalue weighted by atomic mass is 10.00. The Bertz CT molecular complexity index is 683. The van der Waals surface area contributed by atoms with E-state index in [0.29, 0.717) is 19.6 Å². The fourth-order valence-corrected chi connectivity index (χ4v) is 4.37. The van der Waals surface area contributed by atoms with Gasteiger partial charge in [-0.15, -0.1) is 24.8 Å². The number of sulfone groups is 1. The lowest BCUT2D eigenvalue weighted by molar-refractivity contribution is -0.119. The highest BCUT2D eigenvalue weighted by molar-refractivity contribution is 7.91. The van der Waals surface area contributed by atoms with Gasteiger partial charge in [0.15, 0.2) is 9.84 Å². The number of halogens is 2. The fraction of sp³-hybridized carbons (Fsp3) is 0.533. The Balaban J connectivity index is 0.00000144. The number of anilines is 2.